The molecule has 0 aliphatic carbocycles. The van der Waals surface area contributed by atoms with Gasteiger partial charge in [0.2, 0.25) is 0 Å². The van der Waals surface area contributed by atoms with Crippen molar-refractivity contribution >= 4 is 6.29 Å². The third-order valence-electron chi connectivity index (χ3n) is 1.67. The lowest BCUT2D eigenvalue weighted by atomic mass is 10.0. The molecule has 0 atom stereocenters. The molecule has 0 saturated heterocycles. The van der Waals surface area contributed by atoms with E-state index in [2.05, 4.69) is 18.8 Å². The third kappa shape index (κ3) is 2.16. The average molecular weight is 163 g/mol. The minimum Gasteiger partial charge on any atom is -0.296 e. The average Bonchev–Trinajstić information content (AvgIpc) is 2.04. The molecule has 0 bridgehead atoms. The lowest BCUT2D eigenvalue weighted by molar-refractivity contribution is 0.111. The van der Waals surface area contributed by atoms with Crippen LogP contribution >= 0.6 is 0 Å². The third-order valence-corrected chi connectivity index (χ3v) is 1.67. The van der Waals surface area contributed by atoms with E-state index in [1.54, 1.807) is 6.20 Å². The molecule has 0 aromatic carbocycles. The maximum absolute atomic E-state index is 10.5. The Hall–Kier alpha value is -1.18. The van der Waals surface area contributed by atoms with Crippen molar-refractivity contribution in [1.82, 2.24) is 4.98 Å². The van der Waals surface area contributed by atoms with Gasteiger partial charge in [-0.3, -0.25) is 9.78 Å². The molecule has 1 aromatic heterocycles. The first-order valence-corrected chi connectivity index (χ1v) is 4.13. The van der Waals surface area contributed by atoms with E-state index in [4.69, 9.17) is 0 Å². The molecule has 0 aliphatic rings. The second kappa shape index (κ2) is 4.00. The quantitative estimate of drug-likeness (QED) is 0.639. The molecule has 1 rings (SSSR count). The van der Waals surface area contributed by atoms with Crippen LogP contribution in [0.4, 0.5) is 0 Å². The van der Waals surface area contributed by atoms with Gasteiger partial charge in [-0.05, 0) is 24.0 Å². The Morgan fingerprint density at radius 2 is 2.33 bits per heavy atom. The van der Waals surface area contributed by atoms with Crippen LogP contribution in [0.15, 0.2) is 18.3 Å². The summed E-state index contributed by atoms with van der Waals surface area (Å²) in [4.78, 5) is 14.5. The number of carbonyl (C=O) groups is 1. The highest BCUT2D eigenvalue weighted by Gasteiger charge is 2.03. The minimum atomic E-state index is 0.563. The standard InChI is InChI=1S/C10H13NO/c1-8(2)6-9-4-3-5-11-10(9)7-12/h3-5,7-8H,6H2,1-2H3. The predicted octanol–water partition coefficient (Wildman–Crippen LogP) is 2.09. The van der Waals surface area contributed by atoms with E-state index in [1.165, 1.54) is 0 Å². The fourth-order valence-electron chi connectivity index (χ4n) is 1.17. The van der Waals surface area contributed by atoms with Crippen molar-refractivity contribution in [3.63, 3.8) is 0 Å². The van der Waals surface area contributed by atoms with Crippen molar-refractivity contribution < 1.29 is 4.79 Å². The van der Waals surface area contributed by atoms with Gasteiger partial charge in [0.25, 0.3) is 0 Å². The van der Waals surface area contributed by atoms with Gasteiger partial charge in [0.15, 0.2) is 6.29 Å². The van der Waals surface area contributed by atoms with Gasteiger partial charge in [0.1, 0.15) is 5.69 Å². The van der Waals surface area contributed by atoms with Crippen LogP contribution in [-0.2, 0) is 6.42 Å². The Bertz CT molecular complexity index is 268. The number of aromatic nitrogens is 1. The number of hydrogen-bond donors (Lipinski definition) is 0. The summed E-state index contributed by atoms with van der Waals surface area (Å²) in [6, 6.07) is 3.82. The van der Waals surface area contributed by atoms with E-state index < -0.39 is 0 Å². The number of carbonyl (C=O) groups excluding carboxylic acids is 1. The van der Waals surface area contributed by atoms with Crippen molar-refractivity contribution in [2.45, 2.75) is 20.3 Å². The van der Waals surface area contributed by atoms with Crippen molar-refractivity contribution in [2.75, 3.05) is 0 Å². The normalized spacial score (nSPS) is 10.2. The van der Waals surface area contributed by atoms with Gasteiger partial charge in [0, 0.05) is 6.20 Å². The largest absolute Gasteiger partial charge is 0.296 e. The molecular weight excluding hydrogens is 150 g/mol. The molecule has 2 nitrogen and oxygen atoms in total. The van der Waals surface area contributed by atoms with E-state index in [0.717, 1.165) is 18.3 Å². The fraction of sp³-hybridized carbons (Fsp3) is 0.400. The molecule has 64 valence electrons. The molecule has 0 unspecified atom stereocenters. The van der Waals surface area contributed by atoms with Gasteiger partial charge >= 0.3 is 0 Å². The fourth-order valence-corrected chi connectivity index (χ4v) is 1.17. The van der Waals surface area contributed by atoms with Crippen LogP contribution in [0.1, 0.15) is 29.9 Å². The summed E-state index contributed by atoms with van der Waals surface area (Å²) in [5.74, 6) is 0.563. The van der Waals surface area contributed by atoms with Crippen LogP contribution in [0, 0.1) is 5.92 Å². The van der Waals surface area contributed by atoms with Crippen LogP contribution < -0.4 is 0 Å². The maximum atomic E-state index is 10.5. The van der Waals surface area contributed by atoms with Crippen molar-refractivity contribution in [3.05, 3.63) is 29.6 Å². The van der Waals surface area contributed by atoms with E-state index in [1.807, 2.05) is 12.1 Å². The van der Waals surface area contributed by atoms with E-state index in [-0.39, 0.29) is 0 Å². The summed E-state index contributed by atoms with van der Waals surface area (Å²) in [5, 5.41) is 0. The van der Waals surface area contributed by atoms with Crippen LogP contribution in [0.5, 0.6) is 0 Å². The first-order chi connectivity index (χ1) is 5.74. The van der Waals surface area contributed by atoms with Crippen molar-refractivity contribution in [3.8, 4) is 0 Å². The molecule has 0 N–H and O–H groups in total. The molecular formula is C10H13NO. The maximum Gasteiger partial charge on any atom is 0.168 e. The molecule has 0 radical (unpaired) electrons. The molecule has 1 heterocycles. The van der Waals surface area contributed by atoms with Crippen LogP contribution in [0.2, 0.25) is 0 Å². The number of aldehydes is 1. The molecule has 12 heavy (non-hydrogen) atoms. The summed E-state index contributed by atoms with van der Waals surface area (Å²) in [5.41, 5.74) is 1.62. The Kier molecular flexibility index (Phi) is 2.97. The molecule has 0 aliphatic heterocycles. The van der Waals surface area contributed by atoms with Crippen molar-refractivity contribution in [1.29, 1.82) is 0 Å². The van der Waals surface area contributed by atoms with E-state index in [9.17, 15) is 4.79 Å². The molecule has 0 fully saturated rings. The lowest BCUT2D eigenvalue weighted by Crippen LogP contribution is -2.00. The van der Waals surface area contributed by atoms with Gasteiger partial charge < -0.3 is 0 Å². The summed E-state index contributed by atoms with van der Waals surface area (Å²) >= 11 is 0. The topological polar surface area (TPSA) is 30.0 Å². The molecule has 1 aromatic rings. The van der Waals surface area contributed by atoms with Gasteiger partial charge in [-0.15, -0.1) is 0 Å². The SMILES string of the molecule is CC(C)Cc1cccnc1C=O. The van der Waals surface area contributed by atoms with Crippen LogP contribution in [0.25, 0.3) is 0 Å². The molecule has 0 saturated carbocycles. The van der Waals surface area contributed by atoms with E-state index >= 15 is 0 Å². The predicted molar refractivity (Wildman–Crippen MR) is 48.2 cm³/mol. The highest BCUT2D eigenvalue weighted by Crippen LogP contribution is 2.09. The Morgan fingerprint density at radius 1 is 1.58 bits per heavy atom. The molecule has 0 spiro atoms. The highest BCUT2D eigenvalue weighted by molar-refractivity contribution is 5.73. The lowest BCUT2D eigenvalue weighted by Gasteiger charge is -2.05. The Morgan fingerprint density at radius 3 is 2.92 bits per heavy atom. The zero-order valence-electron chi connectivity index (χ0n) is 7.45. The Labute approximate surface area is 72.6 Å². The summed E-state index contributed by atoms with van der Waals surface area (Å²) < 4.78 is 0. The van der Waals surface area contributed by atoms with Gasteiger partial charge in [0.05, 0.1) is 0 Å². The zero-order chi connectivity index (χ0) is 8.97. The first-order valence-electron chi connectivity index (χ1n) is 4.13. The van der Waals surface area contributed by atoms with Crippen LogP contribution in [0.3, 0.4) is 0 Å². The van der Waals surface area contributed by atoms with E-state index in [0.29, 0.717) is 11.6 Å². The van der Waals surface area contributed by atoms with Gasteiger partial charge in [-0.25, -0.2) is 0 Å². The summed E-state index contributed by atoms with van der Waals surface area (Å²) in [7, 11) is 0. The summed E-state index contributed by atoms with van der Waals surface area (Å²) in [6.07, 6.45) is 3.38. The first kappa shape index (κ1) is 8.91. The number of hydrogen-bond acceptors (Lipinski definition) is 2. The minimum absolute atomic E-state index is 0.563. The Balaban J connectivity index is 2.89. The van der Waals surface area contributed by atoms with Gasteiger partial charge in [-0.1, -0.05) is 19.9 Å². The molecule has 0 amide bonds. The number of nitrogens with zero attached hydrogens (tertiary/aromatic N) is 1. The smallest absolute Gasteiger partial charge is 0.168 e. The zero-order valence-corrected chi connectivity index (χ0v) is 7.45. The van der Waals surface area contributed by atoms with Gasteiger partial charge in [-0.2, -0.15) is 0 Å². The van der Waals surface area contributed by atoms with Crippen LogP contribution in [-0.4, -0.2) is 11.3 Å². The number of rotatable bonds is 3. The second-order valence-corrected chi connectivity index (χ2v) is 3.26. The second-order valence-electron chi connectivity index (χ2n) is 3.26. The monoisotopic (exact) mass is 163 g/mol. The number of pyridine rings is 1. The summed E-state index contributed by atoms with van der Waals surface area (Å²) in [6.45, 7) is 4.25. The van der Waals surface area contributed by atoms with Crippen molar-refractivity contribution in [2.24, 2.45) is 5.92 Å². The highest BCUT2D eigenvalue weighted by atomic mass is 16.1. The molecule has 2 heteroatoms.